The summed E-state index contributed by atoms with van der Waals surface area (Å²) in [5.41, 5.74) is 8.57. The average molecular weight is 425 g/mol. The summed E-state index contributed by atoms with van der Waals surface area (Å²) >= 11 is 0. The number of aryl methyl sites for hydroxylation is 3. The van der Waals surface area contributed by atoms with E-state index in [1.54, 1.807) is 6.07 Å². The molecule has 2 amide bonds. The fourth-order valence-corrected chi connectivity index (χ4v) is 5.07. The lowest BCUT2D eigenvalue weighted by Gasteiger charge is -2.21. The molecule has 0 radical (unpaired) electrons. The van der Waals surface area contributed by atoms with Gasteiger partial charge in [-0.25, -0.2) is 0 Å². The molecular weight excluding hydrogens is 392 g/mol. The Labute approximate surface area is 183 Å². The van der Waals surface area contributed by atoms with Crippen LogP contribution in [-0.4, -0.2) is 59.5 Å². The molecule has 1 aromatic carbocycles. The van der Waals surface area contributed by atoms with Crippen molar-refractivity contribution >= 4 is 11.8 Å². The van der Waals surface area contributed by atoms with Gasteiger partial charge >= 0.3 is 0 Å². The number of fused-ring (bicyclic) bond motifs is 1. The predicted molar refractivity (Wildman–Crippen MR) is 118 cm³/mol. The van der Waals surface area contributed by atoms with Gasteiger partial charge < -0.3 is 20.1 Å². The number of nitrogens with two attached hydrogens (primary N) is 1. The third kappa shape index (κ3) is 4.51. The number of hydrogen-bond acceptors (Lipinski definition) is 5. The Hall–Kier alpha value is -2.67. The number of aromatic nitrogens is 1. The monoisotopic (exact) mass is 424 g/mol. The topological polar surface area (TPSA) is 92.7 Å². The van der Waals surface area contributed by atoms with Gasteiger partial charge in [0.15, 0.2) is 0 Å². The molecule has 2 atom stereocenters. The van der Waals surface area contributed by atoms with Crippen molar-refractivity contribution in [2.75, 3.05) is 32.7 Å². The van der Waals surface area contributed by atoms with Gasteiger partial charge in [0.05, 0.1) is 5.69 Å². The highest BCUT2D eigenvalue weighted by Crippen LogP contribution is 2.33. The fourth-order valence-electron chi connectivity index (χ4n) is 5.07. The molecule has 2 saturated heterocycles. The summed E-state index contributed by atoms with van der Waals surface area (Å²) in [5.74, 6) is 1.50. The van der Waals surface area contributed by atoms with Crippen LogP contribution in [0.1, 0.15) is 58.0 Å². The Bertz CT molecular complexity index is 919. The number of carbonyl (C=O) groups excluding carboxylic acids is 2. The van der Waals surface area contributed by atoms with E-state index in [2.05, 4.69) is 16.1 Å². The van der Waals surface area contributed by atoms with E-state index in [1.807, 2.05) is 30.9 Å². The number of amides is 2. The number of rotatable bonds is 8. The summed E-state index contributed by atoms with van der Waals surface area (Å²) in [4.78, 5) is 29.0. The van der Waals surface area contributed by atoms with Gasteiger partial charge in [0.1, 0.15) is 11.3 Å². The number of benzene rings is 1. The van der Waals surface area contributed by atoms with Gasteiger partial charge in [0, 0.05) is 38.2 Å². The van der Waals surface area contributed by atoms with Crippen LogP contribution < -0.4 is 5.73 Å². The molecule has 2 N–H and O–H groups in total. The molecule has 7 heteroatoms. The molecule has 2 aliphatic rings. The number of likely N-dealkylation sites (tertiary alicyclic amines) is 2. The SMILES string of the molecule is CCc1noc(CC)c1C(=O)N1CC2CN(CCCc3cccc(C(N)=O)c3)CC2C1. The lowest BCUT2D eigenvalue weighted by Crippen LogP contribution is -2.34. The summed E-state index contributed by atoms with van der Waals surface area (Å²) in [6.07, 6.45) is 3.38. The zero-order valence-electron chi connectivity index (χ0n) is 18.5. The number of primary amides is 1. The first-order valence-corrected chi connectivity index (χ1v) is 11.4. The van der Waals surface area contributed by atoms with E-state index in [0.717, 1.165) is 56.8 Å². The van der Waals surface area contributed by atoms with Crippen LogP contribution in [0, 0.1) is 11.8 Å². The molecule has 166 valence electrons. The molecule has 0 aliphatic carbocycles. The van der Waals surface area contributed by atoms with Crippen LogP contribution in [0.4, 0.5) is 0 Å². The molecule has 0 saturated carbocycles. The largest absolute Gasteiger partial charge is 0.366 e. The first-order valence-electron chi connectivity index (χ1n) is 11.4. The Morgan fingerprint density at radius 2 is 1.87 bits per heavy atom. The molecule has 0 bridgehead atoms. The summed E-state index contributed by atoms with van der Waals surface area (Å²) in [6.45, 7) is 8.76. The summed E-state index contributed by atoms with van der Waals surface area (Å²) in [5, 5.41) is 4.10. The maximum absolute atomic E-state index is 13.2. The third-order valence-corrected chi connectivity index (χ3v) is 6.70. The number of carbonyl (C=O) groups is 2. The second kappa shape index (κ2) is 9.22. The van der Waals surface area contributed by atoms with Crippen molar-refractivity contribution in [3.8, 4) is 0 Å². The number of hydrogen-bond donors (Lipinski definition) is 1. The minimum absolute atomic E-state index is 0.0882. The molecule has 1 aromatic heterocycles. The first kappa shape index (κ1) is 21.6. The van der Waals surface area contributed by atoms with Gasteiger partial charge in [-0.2, -0.15) is 0 Å². The quantitative estimate of drug-likeness (QED) is 0.703. The van der Waals surface area contributed by atoms with Crippen molar-refractivity contribution in [1.82, 2.24) is 15.0 Å². The highest BCUT2D eigenvalue weighted by atomic mass is 16.5. The van der Waals surface area contributed by atoms with Crippen LogP contribution in [0.15, 0.2) is 28.8 Å². The zero-order valence-corrected chi connectivity index (χ0v) is 18.5. The van der Waals surface area contributed by atoms with Crippen LogP contribution in [0.2, 0.25) is 0 Å². The standard InChI is InChI=1S/C24H32N4O3/c1-3-20-22(21(4-2)31-26-20)24(30)28-14-18-12-27(13-19(18)15-28)10-6-8-16-7-5-9-17(11-16)23(25)29/h5,7,9,11,18-19H,3-4,6,8,10,12-15H2,1-2H3,(H2,25,29). The van der Waals surface area contributed by atoms with Gasteiger partial charge in [0.25, 0.3) is 5.91 Å². The van der Waals surface area contributed by atoms with E-state index in [1.165, 1.54) is 0 Å². The van der Waals surface area contributed by atoms with Crippen molar-refractivity contribution in [2.45, 2.75) is 39.5 Å². The second-order valence-corrected chi connectivity index (χ2v) is 8.79. The molecular formula is C24H32N4O3. The smallest absolute Gasteiger partial charge is 0.259 e. The molecule has 2 fully saturated rings. The van der Waals surface area contributed by atoms with Crippen LogP contribution in [0.25, 0.3) is 0 Å². The van der Waals surface area contributed by atoms with Gasteiger partial charge in [-0.1, -0.05) is 31.1 Å². The van der Waals surface area contributed by atoms with Crippen LogP contribution in [0.3, 0.4) is 0 Å². The molecule has 2 unspecified atom stereocenters. The van der Waals surface area contributed by atoms with Crippen molar-refractivity contribution < 1.29 is 14.1 Å². The lowest BCUT2D eigenvalue weighted by molar-refractivity contribution is 0.0770. The van der Waals surface area contributed by atoms with Crippen LogP contribution in [0.5, 0.6) is 0 Å². The van der Waals surface area contributed by atoms with Crippen molar-refractivity contribution in [3.05, 3.63) is 52.4 Å². The summed E-state index contributed by atoms with van der Waals surface area (Å²) in [7, 11) is 0. The van der Waals surface area contributed by atoms with Crippen molar-refractivity contribution in [2.24, 2.45) is 17.6 Å². The molecule has 7 nitrogen and oxygen atoms in total. The molecule has 2 aliphatic heterocycles. The molecule has 2 aromatic rings. The van der Waals surface area contributed by atoms with Crippen molar-refractivity contribution in [3.63, 3.8) is 0 Å². The van der Waals surface area contributed by atoms with Gasteiger partial charge in [-0.15, -0.1) is 0 Å². The second-order valence-electron chi connectivity index (χ2n) is 8.79. The average Bonchev–Trinajstić information content (AvgIpc) is 3.46. The summed E-state index contributed by atoms with van der Waals surface area (Å²) < 4.78 is 5.40. The Morgan fingerprint density at radius 3 is 2.52 bits per heavy atom. The van der Waals surface area contributed by atoms with E-state index >= 15 is 0 Å². The fraction of sp³-hybridized carbons (Fsp3) is 0.542. The molecule has 0 spiro atoms. The van der Waals surface area contributed by atoms with E-state index in [9.17, 15) is 9.59 Å². The minimum Gasteiger partial charge on any atom is -0.366 e. The maximum Gasteiger partial charge on any atom is 0.259 e. The highest BCUT2D eigenvalue weighted by molar-refractivity contribution is 5.96. The van der Waals surface area contributed by atoms with E-state index in [-0.39, 0.29) is 11.8 Å². The Morgan fingerprint density at radius 1 is 1.13 bits per heavy atom. The Kier molecular flexibility index (Phi) is 6.41. The maximum atomic E-state index is 13.2. The predicted octanol–water partition coefficient (Wildman–Crippen LogP) is 2.53. The van der Waals surface area contributed by atoms with E-state index in [4.69, 9.17) is 10.3 Å². The normalized spacial score (nSPS) is 20.9. The van der Waals surface area contributed by atoms with Crippen molar-refractivity contribution in [1.29, 1.82) is 0 Å². The Balaban J connectivity index is 1.28. The molecule has 31 heavy (non-hydrogen) atoms. The highest BCUT2D eigenvalue weighted by Gasteiger charge is 2.42. The molecule has 4 rings (SSSR count). The van der Waals surface area contributed by atoms with Gasteiger partial charge in [0.2, 0.25) is 5.91 Å². The van der Waals surface area contributed by atoms with E-state index in [0.29, 0.717) is 41.6 Å². The summed E-state index contributed by atoms with van der Waals surface area (Å²) in [6, 6.07) is 7.59. The van der Waals surface area contributed by atoms with E-state index < -0.39 is 0 Å². The lowest BCUT2D eigenvalue weighted by atomic mass is 10.0. The molecule has 3 heterocycles. The third-order valence-electron chi connectivity index (χ3n) is 6.70. The number of nitrogens with zero attached hydrogens (tertiary/aromatic N) is 3. The van der Waals surface area contributed by atoms with Gasteiger partial charge in [-0.3, -0.25) is 9.59 Å². The zero-order chi connectivity index (χ0) is 22.0. The first-order chi connectivity index (χ1) is 15.0. The minimum atomic E-state index is -0.378. The van der Waals surface area contributed by atoms with Crippen LogP contribution >= 0.6 is 0 Å². The van der Waals surface area contributed by atoms with Crippen LogP contribution in [-0.2, 0) is 19.3 Å². The van der Waals surface area contributed by atoms with Gasteiger partial charge in [-0.05, 0) is 55.3 Å².